The van der Waals surface area contributed by atoms with Crippen LogP contribution in [0.25, 0.3) is 6.08 Å². The van der Waals surface area contributed by atoms with E-state index in [4.69, 9.17) is 4.74 Å². The number of benzene rings is 1. The number of rotatable bonds is 10. The summed E-state index contributed by atoms with van der Waals surface area (Å²) >= 11 is 0. The highest BCUT2D eigenvalue weighted by Crippen LogP contribution is 2.23. The fraction of sp³-hybridized carbons (Fsp3) is 0.300. The molecule has 1 rings (SSSR count). The quantitative estimate of drug-likeness (QED) is 0.350. The van der Waals surface area contributed by atoms with Crippen LogP contribution in [0.3, 0.4) is 0 Å². The zero-order chi connectivity index (χ0) is 21.3. The molecule has 0 aliphatic heterocycles. The van der Waals surface area contributed by atoms with Crippen molar-refractivity contribution in [3.63, 3.8) is 0 Å². The number of hydrogen-bond acceptors (Lipinski definition) is 5. The molecule has 4 atom stereocenters. The molecule has 0 aromatic heterocycles. The lowest BCUT2D eigenvalue weighted by molar-refractivity contribution is -0.142. The second-order valence-electron chi connectivity index (χ2n) is 6.19. The van der Waals surface area contributed by atoms with Crippen LogP contribution in [0.15, 0.2) is 61.7 Å². The molecule has 2 N–H and O–H groups in total. The predicted octanol–water partition coefficient (Wildman–Crippen LogP) is 2.38. The first-order chi connectivity index (χ1) is 13.1. The molecule has 0 aliphatic rings. The van der Waals surface area contributed by atoms with Crippen molar-refractivity contribution in [2.45, 2.75) is 31.2 Å². The minimum absolute atomic E-state index is 0.514. The van der Waals surface area contributed by atoms with E-state index in [-0.39, 0.29) is 0 Å². The predicted molar refractivity (Wildman–Crippen MR) is 108 cm³/mol. The molecule has 1 amide bonds. The van der Waals surface area contributed by atoms with Gasteiger partial charge in [-0.25, -0.2) is 4.79 Å². The van der Waals surface area contributed by atoms with Crippen molar-refractivity contribution in [1.29, 1.82) is 0 Å². The van der Waals surface area contributed by atoms with Gasteiger partial charge in [0.25, 0.3) is 10.1 Å². The fourth-order valence-electron chi connectivity index (χ4n) is 2.80. The lowest BCUT2D eigenvalue weighted by Crippen LogP contribution is -2.49. The largest absolute Gasteiger partial charge is 0.458 e. The normalized spacial score (nSPS) is 15.8. The number of carbonyl (C=O) groups excluding carboxylic acids is 2. The third-order valence-corrected chi connectivity index (χ3v) is 5.65. The van der Waals surface area contributed by atoms with Gasteiger partial charge in [-0.15, -0.1) is 0 Å². The summed E-state index contributed by atoms with van der Waals surface area (Å²) in [6.07, 6.45) is 4.10. The van der Waals surface area contributed by atoms with Crippen molar-refractivity contribution in [3.8, 4) is 0 Å². The first kappa shape index (κ1) is 23.3. The Morgan fingerprint density at radius 3 is 2.25 bits per heavy atom. The summed E-state index contributed by atoms with van der Waals surface area (Å²) in [5.41, 5.74) is 0.835. The standard InChI is InChI=1S/C20H25NO6S/c1-5-18(22)21-17(13-12-16-10-8-7-9-11-16)14(3)20(28(24,25)26)15(4)27-19(23)6-2/h5-15,17,20H,1-2H2,3-4H3,(H,21,22)(H,24,25,26). The lowest BCUT2D eigenvalue weighted by Gasteiger charge is -2.31. The van der Waals surface area contributed by atoms with Gasteiger partial charge in [-0.1, -0.05) is 62.6 Å². The van der Waals surface area contributed by atoms with E-state index in [1.54, 1.807) is 12.2 Å². The maximum absolute atomic E-state index is 12.0. The van der Waals surface area contributed by atoms with E-state index >= 15 is 0 Å². The first-order valence-corrected chi connectivity index (χ1v) is 10.1. The Morgan fingerprint density at radius 2 is 1.75 bits per heavy atom. The molecule has 8 heteroatoms. The number of nitrogens with one attached hydrogen (secondary N) is 1. The Kier molecular flexibility index (Phi) is 8.81. The average Bonchev–Trinajstić information content (AvgIpc) is 2.64. The van der Waals surface area contributed by atoms with E-state index < -0.39 is 45.3 Å². The average molecular weight is 407 g/mol. The van der Waals surface area contributed by atoms with Gasteiger partial charge in [0.15, 0.2) is 0 Å². The molecule has 7 nitrogen and oxygen atoms in total. The molecule has 0 heterocycles. The van der Waals surface area contributed by atoms with Crippen LogP contribution in [0.5, 0.6) is 0 Å². The summed E-state index contributed by atoms with van der Waals surface area (Å²) in [5, 5.41) is 1.15. The van der Waals surface area contributed by atoms with E-state index in [1.807, 2.05) is 30.3 Å². The third kappa shape index (κ3) is 7.13. The summed E-state index contributed by atoms with van der Waals surface area (Å²) in [6, 6.07) is 8.39. The van der Waals surface area contributed by atoms with Crippen LogP contribution in [-0.4, -0.2) is 42.2 Å². The topological polar surface area (TPSA) is 110 Å². The lowest BCUT2D eigenvalue weighted by atomic mass is 9.93. The number of amides is 1. The van der Waals surface area contributed by atoms with Crippen molar-refractivity contribution in [1.82, 2.24) is 5.32 Å². The summed E-state index contributed by atoms with van der Waals surface area (Å²) in [7, 11) is -4.61. The van der Waals surface area contributed by atoms with Crippen LogP contribution >= 0.6 is 0 Å². The number of esters is 1. The van der Waals surface area contributed by atoms with Gasteiger partial charge in [0.1, 0.15) is 11.4 Å². The van der Waals surface area contributed by atoms with Crippen LogP contribution in [0.4, 0.5) is 0 Å². The van der Waals surface area contributed by atoms with Gasteiger partial charge in [0.2, 0.25) is 5.91 Å². The molecule has 152 valence electrons. The Bertz CT molecular complexity index is 832. The fourth-order valence-corrected chi connectivity index (χ4v) is 4.05. The molecule has 0 saturated heterocycles. The SMILES string of the molecule is C=CC(=O)NC(C=Cc1ccccc1)C(C)C(C(C)OC(=O)C=C)S(=O)(=O)O. The molecule has 4 unspecified atom stereocenters. The molecule has 28 heavy (non-hydrogen) atoms. The second-order valence-corrected chi connectivity index (χ2v) is 7.77. The van der Waals surface area contributed by atoms with Crippen LogP contribution in [0.1, 0.15) is 19.4 Å². The summed E-state index contributed by atoms with van der Waals surface area (Å²) < 4.78 is 38.7. The van der Waals surface area contributed by atoms with Crippen LogP contribution < -0.4 is 5.32 Å². The van der Waals surface area contributed by atoms with E-state index in [0.29, 0.717) is 0 Å². The Labute approximate surface area is 165 Å². The van der Waals surface area contributed by atoms with Crippen molar-refractivity contribution < 1.29 is 27.3 Å². The highest BCUT2D eigenvalue weighted by molar-refractivity contribution is 7.86. The Hall–Kier alpha value is -2.71. The third-order valence-electron chi connectivity index (χ3n) is 4.15. The molecule has 0 bridgehead atoms. The Morgan fingerprint density at radius 1 is 1.14 bits per heavy atom. The van der Waals surface area contributed by atoms with E-state index in [2.05, 4.69) is 18.5 Å². The highest BCUT2D eigenvalue weighted by atomic mass is 32.2. The number of carbonyl (C=O) groups is 2. The smallest absolute Gasteiger partial charge is 0.330 e. The minimum Gasteiger partial charge on any atom is -0.458 e. The van der Waals surface area contributed by atoms with Gasteiger partial charge >= 0.3 is 5.97 Å². The van der Waals surface area contributed by atoms with Crippen molar-refractivity contribution >= 4 is 28.1 Å². The van der Waals surface area contributed by atoms with E-state index in [1.165, 1.54) is 13.8 Å². The van der Waals surface area contributed by atoms with Crippen LogP contribution in [-0.2, 0) is 24.4 Å². The maximum atomic E-state index is 12.0. The first-order valence-electron chi connectivity index (χ1n) is 8.55. The summed E-state index contributed by atoms with van der Waals surface area (Å²) in [6.45, 7) is 9.53. The van der Waals surface area contributed by atoms with Gasteiger partial charge in [0, 0.05) is 12.0 Å². The van der Waals surface area contributed by atoms with Crippen molar-refractivity contribution in [2.24, 2.45) is 5.92 Å². The zero-order valence-corrected chi connectivity index (χ0v) is 16.6. The summed E-state index contributed by atoms with van der Waals surface area (Å²) in [4.78, 5) is 23.3. The molecular formula is C20H25NO6S. The molecule has 1 aromatic carbocycles. The van der Waals surface area contributed by atoms with Crippen molar-refractivity contribution in [2.75, 3.05) is 0 Å². The van der Waals surface area contributed by atoms with E-state index in [0.717, 1.165) is 17.7 Å². The van der Waals surface area contributed by atoms with Gasteiger partial charge in [0.05, 0.1) is 6.04 Å². The zero-order valence-electron chi connectivity index (χ0n) is 15.8. The van der Waals surface area contributed by atoms with Gasteiger partial charge in [-0.2, -0.15) is 8.42 Å². The molecule has 0 spiro atoms. The molecule has 1 aromatic rings. The summed E-state index contributed by atoms with van der Waals surface area (Å²) in [5.74, 6) is -2.18. The number of ether oxygens (including phenoxy) is 1. The second kappa shape index (κ2) is 10.6. The van der Waals surface area contributed by atoms with Crippen LogP contribution in [0.2, 0.25) is 0 Å². The van der Waals surface area contributed by atoms with Crippen LogP contribution in [0, 0.1) is 5.92 Å². The molecule has 0 radical (unpaired) electrons. The Balaban J connectivity index is 3.23. The number of hydrogen-bond donors (Lipinski definition) is 2. The minimum atomic E-state index is -4.61. The van der Waals surface area contributed by atoms with Crippen molar-refractivity contribution in [3.05, 3.63) is 67.3 Å². The van der Waals surface area contributed by atoms with E-state index in [9.17, 15) is 22.6 Å². The molecular weight excluding hydrogens is 382 g/mol. The molecule has 0 fully saturated rings. The highest BCUT2D eigenvalue weighted by Gasteiger charge is 2.40. The monoisotopic (exact) mass is 407 g/mol. The van der Waals surface area contributed by atoms with Gasteiger partial charge in [-0.05, 0) is 18.6 Å². The molecule has 0 aliphatic carbocycles. The maximum Gasteiger partial charge on any atom is 0.330 e. The van der Waals surface area contributed by atoms with Gasteiger partial charge in [-0.3, -0.25) is 9.35 Å². The molecule has 0 saturated carbocycles. The van der Waals surface area contributed by atoms with Gasteiger partial charge < -0.3 is 10.1 Å².